The molecule has 0 spiro atoms. The molecular weight excluding hydrogens is 164 g/mol. The minimum absolute atomic E-state index is 0.0895. The maximum atomic E-state index is 5.60. The fourth-order valence-corrected chi connectivity index (χ4v) is 1.17. The van der Waals surface area contributed by atoms with E-state index in [1.807, 2.05) is 19.1 Å². The first-order chi connectivity index (χ1) is 6.27. The van der Waals surface area contributed by atoms with Crippen LogP contribution in [0.4, 0.5) is 0 Å². The van der Waals surface area contributed by atoms with Crippen LogP contribution in [0, 0.1) is 6.92 Å². The van der Waals surface area contributed by atoms with Crippen LogP contribution in [0.3, 0.4) is 0 Å². The number of hydrogen-bond donors (Lipinski definition) is 2. The van der Waals surface area contributed by atoms with Gasteiger partial charge in [-0.25, -0.2) is 0 Å². The van der Waals surface area contributed by atoms with Crippen LogP contribution in [-0.2, 0) is 0 Å². The first-order valence-electron chi connectivity index (χ1n) is 4.38. The van der Waals surface area contributed by atoms with Crippen LogP contribution in [0.25, 0.3) is 0 Å². The second-order valence-electron chi connectivity index (χ2n) is 2.93. The van der Waals surface area contributed by atoms with Gasteiger partial charge in [0.05, 0.1) is 6.04 Å². The van der Waals surface area contributed by atoms with E-state index in [4.69, 9.17) is 10.2 Å². The SMILES string of the molecule is C=CCNC(CN)c1ccc(C)o1. The highest BCUT2D eigenvalue weighted by atomic mass is 16.3. The van der Waals surface area contributed by atoms with Crippen LogP contribution in [0.5, 0.6) is 0 Å². The summed E-state index contributed by atoms with van der Waals surface area (Å²) in [4.78, 5) is 0. The lowest BCUT2D eigenvalue weighted by Crippen LogP contribution is -2.27. The molecule has 0 radical (unpaired) electrons. The highest BCUT2D eigenvalue weighted by Gasteiger charge is 2.11. The van der Waals surface area contributed by atoms with E-state index in [1.54, 1.807) is 6.08 Å². The number of rotatable bonds is 5. The van der Waals surface area contributed by atoms with Gasteiger partial charge in [-0.15, -0.1) is 6.58 Å². The van der Waals surface area contributed by atoms with Crippen molar-refractivity contribution in [2.75, 3.05) is 13.1 Å². The summed E-state index contributed by atoms with van der Waals surface area (Å²) in [6.07, 6.45) is 1.80. The predicted octanol–water partition coefficient (Wildman–Crippen LogP) is 1.36. The molecule has 0 fully saturated rings. The summed E-state index contributed by atoms with van der Waals surface area (Å²) in [5, 5.41) is 3.21. The summed E-state index contributed by atoms with van der Waals surface area (Å²) in [5.74, 6) is 1.80. The highest BCUT2D eigenvalue weighted by Crippen LogP contribution is 2.14. The van der Waals surface area contributed by atoms with Gasteiger partial charge in [-0.05, 0) is 19.1 Å². The minimum atomic E-state index is 0.0895. The molecule has 3 N–H and O–H groups in total. The van der Waals surface area contributed by atoms with Gasteiger partial charge in [0.25, 0.3) is 0 Å². The van der Waals surface area contributed by atoms with Gasteiger partial charge in [0, 0.05) is 13.1 Å². The maximum absolute atomic E-state index is 5.60. The van der Waals surface area contributed by atoms with Gasteiger partial charge in [-0.1, -0.05) is 6.08 Å². The molecule has 1 rings (SSSR count). The van der Waals surface area contributed by atoms with E-state index >= 15 is 0 Å². The number of nitrogens with two attached hydrogens (primary N) is 1. The Bertz CT molecular complexity index is 268. The molecule has 1 aromatic rings. The number of hydrogen-bond acceptors (Lipinski definition) is 3. The summed E-state index contributed by atoms with van der Waals surface area (Å²) in [6, 6.07) is 3.97. The number of nitrogens with one attached hydrogen (secondary N) is 1. The van der Waals surface area contributed by atoms with Crippen LogP contribution in [0.15, 0.2) is 29.2 Å². The van der Waals surface area contributed by atoms with Gasteiger partial charge in [-0.3, -0.25) is 0 Å². The van der Waals surface area contributed by atoms with Crippen molar-refractivity contribution in [1.29, 1.82) is 0 Å². The summed E-state index contributed by atoms with van der Waals surface area (Å²) in [7, 11) is 0. The molecule has 0 amide bonds. The topological polar surface area (TPSA) is 51.2 Å². The van der Waals surface area contributed by atoms with E-state index in [0.717, 1.165) is 18.1 Å². The van der Waals surface area contributed by atoms with Crippen LogP contribution < -0.4 is 11.1 Å². The minimum Gasteiger partial charge on any atom is -0.465 e. The second kappa shape index (κ2) is 4.84. The van der Waals surface area contributed by atoms with Gasteiger partial charge in [-0.2, -0.15) is 0 Å². The normalized spacial score (nSPS) is 12.8. The lowest BCUT2D eigenvalue weighted by molar-refractivity contribution is 0.413. The molecule has 0 aliphatic heterocycles. The molecule has 0 bridgehead atoms. The summed E-state index contributed by atoms with van der Waals surface area (Å²) in [6.45, 7) is 6.82. The van der Waals surface area contributed by atoms with Crippen molar-refractivity contribution < 1.29 is 4.42 Å². The Balaban J connectivity index is 2.60. The van der Waals surface area contributed by atoms with E-state index in [-0.39, 0.29) is 6.04 Å². The third-order valence-corrected chi connectivity index (χ3v) is 1.85. The quantitative estimate of drug-likeness (QED) is 0.673. The molecule has 0 saturated heterocycles. The van der Waals surface area contributed by atoms with Gasteiger partial charge in [0.15, 0.2) is 0 Å². The average Bonchev–Trinajstić information content (AvgIpc) is 2.54. The maximum Gasteiger partial charge on any atom is 0.122 e. The fraction of sp³-hybridized carbons (Fsp3) is 0.400. The molecule has 13 heavy (non-hydrogen) atoms. The van der Waals surface area contributed by atoms with Crippen molar-refractivity contribution in [2.24, 2.45) is 5.73 Å². The van der Waals surface area contributed by atoms with Gasteiger partial charge < -0.3 is 15.5 Å². The zero-order valence-electron chi connectivity index (χ0n) is 7.92. The fourth-order valence-electron chi connectivity index (χ4n) is 1.17. The largest absolute Gasteiger partial charge is 0.465 e. The zero-order valence-corrected chi connectivity index (χ0v) is 7.92. The Morgan fingerprint density at radius 1 is 1.69 bits per heavy atom. The second-order valence-corrected chi connectivity index (χ2v) is 2.93. The van der Waals surface area contributed by atoms with Gasteiger partial charge in [0.2, 0.25) is 0 Å². The molecule has 0 aliphatic rings. The first kappa shape index (κ1) is 10.0. The molecular formula is C10H16N2O. The molecule has 0 aliphatic carbocycles. The Hall–Kier alpha value is -1.06. The molecule has 1 unspecified atom stereocenters. The Morgan fingerprint density at radius 3 is 2.92 bits per heavy atom. The monoisotopic (exact) mass is 180 g/mol. The summed E-state index contributed by atoms with van der Waals surface area (Å²) in [5.41, 5.74) is 5.60. The van der Waals surface area contributed by atoms with E-state index in [9.17, 15) is 0 Å². The molecule has 1 atom stereocenters. The third kappa shape index (κ3) is 2.72. The van der Waals surface area contributed by atoms with Crippen LogP contribution >= 0.6 is 0 Å². The predicted molar refractivity (Wildman–Crippen MR) is 53.4 cm³/mol. The van der Waals surface area contributed by atoms with E-state index in [2.05, 4.69) is 11.9 Å². The van der Waals surface area contributed by atoms with Crippen molar-refractivity contribution in [3.63, 3.8) is 0 Å². The van der Waals surface area contributed by atoms with Crippen molar-refractivity contribution in [3.05, 3.63) is 36.3 Å². The molecule has 3 nitrogen and oxygen atoms in total. The van der Waals surface area contributed by atoms with Crippen LogP contribution in [-0.4, -0.2) is 13.1 Å². The van der Waals surface area contributed by atoms with Crippen molar-refractivity contribution in [1.82, 2.24) is 5.32 Å². The van der Waals surface area contributed by atoms with Crippen molar-refractivity contribution in [3.8, 4) is 0 Å². The lowest BCUT2D eigenvalue weighted by Gasteiger charge is -2.12. The number of furan rings is 1. The van der Waals surface area contributed by atoms with Crippen molar-refractivity contribution in [2.45, 2.75) is 13.0 Å². The van der Waals surface area contributed by atoms with E-state index in [0.29, 0.717) is 6.54 Å². The van der Waals surface area contributed by atoms with Crippen molar-refractivity contribution >= 4 is 0 Å². The third-order valence-electron chi connectivity index (χ3n) is 1.85. The molecule has 3 heteroatoms. The standard InChI is InChI=1S/C10H16N2O/c1-3-6-12-9(7-11)10-5-4-8(2)13-10/h3-5,9,12H,1,6-7,11H2,2H3. The summed E-state index contributed by atoms with van der Waals surface area (Å²) < 4.78 is 5.46. The Morgan fingerprint density at radius 2 is 2.46 bits per heavy atom. The Kier molecular flexibility index (Phi) is 3.73. The number of aryl methyl sites for hydroxylation is 1. The van der Waals surface area contributed by atoms with Crippen LogP contribution in [0.1, 0.15) is 17.6 Å². The van der Waals surface area contributed by atoms with Gasteiger partial charge in [0.1, 0.15) is 11.5 Å². The molecule has 0 saturated carbocycles. The van der Waals surface area contributed by atoms with Crippen LogP contribution in [0.2, 0.25) is 0 Å². The zero-order chi connectivity index (χ0) is 9.68. The molecule has 1 heterocycles. The smallest absolute Gasteiger partial charge is 0.122 e. The summed E-state index contributed by atoms with van der Waals surface area (Å²) >= 11 is 0. The molecule has 0 aromatic carbocycles. The van der Waals surface area contributed by atoms with E-state index in [1.165, 1.54) is 0 Å². The van der Waals surface area contributed by atoms with E-state index < -0.39 is 0 Å². The first-order valence-corrected chi connectivity index (χ1v) is 4.38. The molecule has 1 aromatic heterocycles. The van der Waals surface area contributed by atoms with Gasteiger partial charge >= 0.3 is 0 Å². The lowest BCUT2D eigenvalue weighted by atomic mass is 10.2. The average molecular weight is 180 g/mol. The Labute approximate surface area is 78.6 Å². The molecule has 72 valence electrons. The highest BCUT2D eigenvalue weighted by molar-refractivity contribution is 5.10.